The van der Waals surface area contributed by atoms with E-state index < -0.39 is 0 Å². The number of carbonyl (C=O) groups is 1. The average molecular weight is 197 g/mol. The van der Waals surface area contributed by atoms with Gasteiger partial charge < -0.3 is 5.73 Å². The van der Waals surface area contributed by atoms with E-state index in [1.54, 1.807) is 0 Å². The van der Waals surface area contributed by atoms with E-state index in [0.717, 1.165) is 18.4 Å². The molecule has 0 rings (SSSR count). The minimum absolute atomic E-state index is 0.277. The average Bonchev–Trinajstić information content (AvgIpc) is 1.99. The maximum absolute atomic E-state index is 11.1. The van der Waals surface area contributed by atoms with Crippen LogP contribution in [0.1, 0.15) is 47.5 Å². The molecule has 0 aliphatic rings. The molecule has 1 amide bonds. The van der Waals surface area contributed by atoms with Gasteiger partial charge in [0, 0.05) is 5.57 Å². The summed E-state index contributed by atoms with van der Waals surface area (Å²) in [5.41, 5.74) is 7.27. The lowest BCUT2D eigenvalue weighted by atomic mass is 9.91. The van der Waals surface area contributed by atoms with Gasteiger partial charge in [-0.05, 0) is 31.6 Å². The first kappa shape index (κ1) is 13.2. The van der Waals surface area contributed by atoms with Gasteiger partial charge in [0.25, 0.3) is 0 Å². The third-order valence-corrected chi connectivity index (χ3v) is 2.21. The predicted molar refractivity (Wildman–Crippen MR) is 60.8 cm³/mol. The van der Waals surface area contributed by atoms with E-state index >= 15 is 0 Å². The second-order valence-corrected chi connectivity index (χ2v) is 4.79. The van der Waals surface area contributed by atoms with Gasteiger partial charge in [-0.2, -0.15) is 0 Å². The summed E-state index contributed by atoms with van der Waals surface area (Å²) in [6, 6.07) is 0. The first-order valence-corrected chi connectivity index (χ1v) is 5.33. The smallest absolute Gasteiger partial charge is 0.244 e. The molecule has 0 bridgehead atoms. The van der Waals surface area contributed by atoms with E-state index in [9.17, 15) is 4.79 Å². The molecule has 0 fully saturated rings. The minimum atomic E-state index is -0.277. The summed E-state index contributed by atoms with van der Waals surface area (Å²) < 4.78 is 0. The molecule has 0 aromatic carbocycles. The van der Waals surface area contributed by atoms with Crippen molar-refractivity contribution in [3.8, 4) is 0 Å². The Morgan fingerprint density at radius 1 is 1.07 bits per heavy atom. The van der Waals surface area contributed by atoms with Crippen LogP contribution in [0.3, 0.4) is 0 Å². The van der Waals surface area contributed by atoms with Gasteiger partial charge in [0.1, 0.15) is 0 Å². The first-order valence-electron chi connectivity index (χ1n) is 5.33. The monoisotopic (exact) mass is 197 g/mol. The molecule has 0 aromatic heterocycles. The highest BCUT2D eigenvalue weighted by Crippen LogP contribution is 2.22. The molecule has 2 nitrogen and oxygen atoms in total. The van der Waals surface area contributed by atoms with E-state index in [-0.39, 0.29) is 5.91 Å². The van der Waals surface area contributed by atoms with Crippen molar-refractivity contribution in [2.75, 3.05) is 0 Å². The Morgan fingerprint density at radius 2 is 1.43 bits per heavy atom. The molecular formula is C12H23NO. The summed E-state index contributed by atoms with van der Waals surface area (Å²) in [4.78, 5) is 11.1. The molecule has 0 aliphatic heterocycles. The van der Waals surface area contributed by atoms with Crippen LogP contribution in [0, 0.1) is 11.8 Å². The summed E-state index contributed by atoms with van der Waals surface area (Å²) in [6.45, 7) is 10.5. The van der Waals surface area contributed by atoms with Gasteiger partial charge in [0.05, 0.1) is 0 Å². The Balaban J connectivity index is 4.70. The highest BCUT2D eigenvalue weighted by Gasteiger charge is 2.10. The van der Waals surface area contributed by atoms with Crippen molar-refractivity contribution in [2.24, 2.45) is 17.6 Å². The number of allylic oxidation sites excluding steroid dienone is 1. The molecule has 0 atom stereocenters. The molecule has 2 N–H and O–H groups in total. The fourth-order valence-electron chi connectivity index (χ4n) is 1.55. The number of amides is 1. The van der Waals surface area contributed by atoms with Crippen LogP contribution in [0.15, 0.2) is 11.1 Å². The zero-order valence-electron chi connectivity index (χ0n) is 10.1. The molecule has 0 aromatic rings. The normalized spacial score (nSPS) is 10.8. The molecule has 82 valence electrons. The first-order chi connectivity index (χ1) is 6.34. The van der Waals surface area contributed by atoms with Crippen LogP contribution in [-0.2, 0) is 4.79 Å². The highest BCUT2D eigenvalue weighted by atomic mass is 16.1. The number of primary amides is 1. The molecule has 0 aliphatic carbocycles. The second-order valence-electron chi connectivity index (χ2n) is 4.79. The Labute approximate surface area is 87.6 Å². The summed E-state index contributed by atoms with van der Waals surface area (Å²) in [5.74, 6) is 0.886. The third kappa shape index (κ3) is 5.05. The Kier molecular flexibility index (Phi) is 5.51. The number of rotatable bonds is 5. The largest absolute Gasteiger partial charge is 0.366 e. The zero-order valence-corrected chi connectivity index (χ0v) is 10.1. The van der Waals surface area contributed by atoms with Crippen LogP contribution < -0.4 is 5.73 Å². The lowest BCUT2D eigenvalue weighted by Gasteiger charge is -2.15. The summed E-state index contributed by atoms with van der Waals surface area (Å²) in [7, 11) is 0. The summed E-state index contributed by atoms with van der Waals surface area (Å²) in [5, 5.41) is 0. The van der Waals surface area contributed by atoms with E-state index in [4.69, 9.17) is 5.73 Å². The number of carbonyl (C=O) groups excluding carboxylic acids is 1. The van der Waals surface area contributed by atoms with Crippen molar-refractivity contribution < 1.29 is 4.79 Å². The molecule has 0 saturated carbocycles. The third-order valence-electron chi connectivity index (χ3n) is 2.21. The van der Waals surface area contributed by atoms with Gasteiger partial charge in [-0.3, -0.25) is 4.79 Å². The molecule has 0 radical (unpaired) electrons. The maximum Gasteiger partial charge on any atom is 0.244 e. The lowest BCUT2D eigenvalue weighted by molar-refractivity contribution is -0.114. The van der Waals surface area contributed by atoms with Gasteiger partial charge in [0.15, 0.2) is 0 Å². The molecule has 0 heterocycles. The highest BCUT2D eigenvalue weighted by molar-refractivity contribution is 5.92. The number of nitrogens with two attached hydrogens (primary N) is 1. The zero-order chi connectivity index (χ0) is 11.3. The van der Waals surface area contributed by atoms with Crippen molar-refractivity contribution in [3.05, 3.63) is 11.1 Å². The Bertz CT molecular complexity index is 214. The Hall–Kier alpha value is -0.790. The topological polar surface area (TPSA) is 43.1 Å². The van der Waals surface area contributed by atoms with Gasteiger partial charge in [0.2, 0.25) is 5.91 Å². The molecule has 0 saturated heterocycles. The molecule has 14 heavy (non-hydrogen) atoms. The second kappa shape index (κ2) is 5.84. The quantitative estimate of drug-likeness (QED) is 0.677. The Morgan fingerprint density at radius 3 is 1.64 bits per heavy atom. The van der Waals surface area contributed by atoms with Gasteiger partial charge in [-0.25, -0.2) is 0 Å². The summed E-state index contributed by atoms with van der Waals surface area (Å²) >= 11 is 0. The van der Waals surface area contributed by atoms with Crippen LogP contribution in [-0.4, -0.2) is 5.91 Å². The molecule has 0 spiro atoms. The fourth-order valence-corrected chi connectivity index (χ4v) is 1.55. The van der Waals surface area contributed by atoms with Gasteiger partial charge in [-0.1, -0.05) is 33.3 Å². The van der Waals surface area contributed by atoms with Crippen molar-refractivity contribution in [1.82, 2.24) is 0 Å². The van der Waals surface area contributed by atoms with Crippen LogP contribution in [0.25, 0.3) is 0 Å². The van der Waals surface area contributed by atoms with E-state index in [0.29, 0.717) is 11.8 Å². The number of hydrogen-bond donors (Lipinski definition) is 1. The fraction of sp³-hybridized carbons (Fsp3) is 0.750. The van der Waals surface area contributed by atoms with Crippen molar-refractivity contribution in [1.29, 1.82) is 0 Å². The minimum Gasteiger partial charge on any atom is -0.366 e. The van der Waals surface area contributed by atoms with Crippen molar-refractivity contribution in [2.45, 2.75) is 47.5 Å². The van der Waals surface area contributed by atoms with Crippen molar-refractivity contribution >= 4 is 5.91 Å². The van der Waals surface area contributed by atoms with Crippen LogP contribution in [0.4, 0.5) is 0 Å². The SMILES string of the molecule is CC(C(N)=O)=C(CC(C)C)CC(C)C. The van der Waals surface area contributed by atoms with E-state index in [2.05, 4.69) is 27.7 Å². The maximum atomic E-state index is 11.1. The molecule has 0 unspecified atom stereocenters. The summed E-state index contributed by atoms with van der Waals surface area (Å²) in [6.07, 6.45) is 1.96. The predicted octanol–water partition coefficient (Wildman–Crippen LogP) is 2.88. The van der Waals surface area contributed by atoms with Crippen LogP contribution in [0.2, 0.25) is 0 Å². The molecule has 2 heteroatoms. The van der Waals surface area contributed by atoms with Crippen molar-refractivity contribution in [3.63, 3.8) is 0 Å². The van der Waals surface area contributed by atoms with Crippen LogP contribution in [0.5, 0.6) is 0 Å². The van der Waals surface area contributed by atoms with Gasteiger partial charge in [-0.15, -0.1) is 0 Å². The van der Waals surface area contributed by atoms with E-state index in [1.807, 2.05) is 6.92 Å². The van der Waals surface area contributed by atoms with Crippen LogP contribution >= 0.6 is 0 Å². The lowest BCUT2D eigenvalue weighted by Crippen LogP contribution is -2.15. The van der Waals surface area contributed by atoms with E-state index in [1.165, 1.54) is 5.57 Å². The number of hydrogen-bond acceptors (Lipinski definition) is 1. The standard InChI is InChI=1S/C12H23NO/c1-8(2)6-11(7-9(3)4)10(5)12(13)14/h8-9H,6-7H2,1-5H3,(H2,13,14). The van der Waals surface area contributed by atoms with Gasteiger partial charge >= 0.3 is 0 Å². The molecular weight excluding hydrogens is 174 g/mol.